The summed E-state index contributed by atoms with van der Waals surface area (Å²) in [5.74, 6) is 0. The summed E-state index contributed by atoms with van der Waals surface area (Å²) in [7, 11) is 1.78. The number of rotatable bonds is 5. The van der Waals surface area contributed by atoms with Crippen molar-refractivity contribution in [3.8, 4) is 0 Å². The summed E-state index contributed by atoms with van der Waals surface area (Å²) in [4.78, 5) is 5.30. The van der Waals surface area contributed by atoms with E-state index >= 15 is 0 Å². The van der Waals surface area contributed by atoms with Crippen LogP contribution in [0.2, 0.25) is 0 Å². The number of ether oxygens (including phenoxy) is 1. The molecule has 2 aliphatic heterocycles. The third-order valence-corrected chi connectivity index (χ3v) is 4.85. The Kier molecular flexibility index (Phi) is 5.01. The van der Waals surface area contributed by atoms with Crippen molar-refractivity contribution in [3.63, 3.8) is 0 Å². The van der Waals surface area contributed by atoms with Gasteiger partial charge in [-0.1, -0.05) is 0 Å². The molecular weight excluding hydrogens is 226 g/mol. The molecule has 106 valence electrons. The van der Waals surface area contributed by atoms with Crippen LogP contribution in [0.3, 0.4) is 0 Å². The maximum absolute atomic E-state index is 6.06. The van der Waals surface area contributed by atoms with E-state index in [-0.39, 0.29) is 5.54 Å². The number of nitrogens with two attached hydrogens (primary N) is 1. The molecule has 0 aromatic heterocycles. The molecule has 0 spiro atoms. The lowest BCUT2D eigenvalue weighted by Crippen LogP contribution is -2.54. The summed E-state index contributed by atoms with van der Waals surface area (Å²) in [6, 6.07) is 0.765. The van der Waals surface area contributed by atoms with Crippen LogP contribution in [0.25, 0.3) is 0 Å². The van der Waals surface area contributed by atoms with E-state index < -0.39 is 0 Å². The monoisotopic (exact) mass is 255 g/mol. The van der Waals surface area contributed by atoms with Crippen LogP contribution in [0, 0.1) is 0 Å². The van der Waals surface area contributed by atoms with Gasteiger partial charge in [0.25, 0.3) is 0 Å². The number of hydrogen-bond donors (Lipinski definition) is 1. The Labute approximate surface area is 111 Å². The molecule has 0 aliphatic carbocycles. The number of methoxy groups -OCH3 is 1. The van der Waals surface area contributed by atoms with Crippen LogP contribution in [0.15, 0.2) is 0 Å². The van der Waals surface area contributed by atoms with Gasteiger partial charge in [0.1, 0.15) is 0 Å². The van der Waals surface area contributed by atoms with Gasteiger partial charge < -0.3 is 10.5 Å². The fraction of sp³-hybridized carbons (Fsp3) is 1.00. The molecule has 4 heteroatoms. The van der Waals surface area contributed by atoms with Crippen LogP contribution in [-0.2, 0) is 4.74 Å². The molecule has 0 radical (unpaired) electrons. The molecule has 2 N–H and O–H groups in total. The van der Waals surface area contributed by atoms with Crippen molar-refractivity contribution in [1.82, 2.24) is 9.80 Å². The standard InChI is InChI=1S/C14H29N3O/c1-14(12-15,6-10-18-2)17-9-4-8-16-7-3-5-13(16)11-17/h13H,3-12,15H2,1-2H3. The van der Waals surface area contributed by atoms with E-state index in [2.05, 4.69) is 16.7 Å². The van der Waals surface area contributed by atoms with Crippen molar-refractivity contribution in [3.05, 3.63) is 0 Å². The van der Waals surface area contributed by atoms with Gasteiger partial charge in [0.2, 0.25) is 0 Å². The predicted molar refractivity (Wildman–Crippen MR) is 74.7 cm³/mol. The van der Waals surface area contributed by atoms with Crippen LogP contribution in [-0.4, -0.2) is 67.8 Å². The maximum Gasteiger partial charge on any atom is 0.0480 e. The van der Waals surface area contributed by atoms with Crippen LogP contribution in [0.5, 0.6) is 0 Å². The normalized spacial score (nSPS) is 29.8. The Hall–Kier alpha value is -0.160. The van der Waals surface area contributed by atoms with E-state index in [1.54, 1.807) is 7.11 Å². The first-order chi connectivity index (χ1) is 8.69. The average Bonchev–Trinajstić information content (AvgIpc) is 2.73. The predicted octanol–water partition coefficient (Wildman–Crippen LogP) is 0.910. The quantitative estimate of drug-likeness (QED) is 0.793. The van der Waals surface area contributed by atoms with Gasteiger partial charge in [0.05, 0.1) is 0 Å². The number of nitrogens with zero attached hydrogens (tertiary/aromatic N) is 2. The van der Waals surface area contributed by atoms with Gasteiger partial charge in [0.15, 0.2) is 0 Å². The van der Waals surface area contributed by atoms with Crippen LogP contribution in [0.4, 0.5) is 0 Å². The Morgan fingerprint density at radius 3 is 2.78 bits per heavy atom. The van der Waals surface area contributed by atoms with E-state index in [1.807, 2.05) is 0 Å². The highest BCUT2D eigenvalue weighted by atomic mass is 16.5. The number of fused-ring (bicyclic) bond motifs is 1. The third-order valence-electron chi connectivity index (χ3n) is 4.85. The van der Waals surface area contributed by atoms with Gasteiger partial charge in [-0.05, 0) is 45.7 Å². The van der Waals surface area contributed by atoms with Gasteiger partial charge >= 0.3 is 0 Å². The number of hydrogen-bond acceptors (Lipinski definition) is 4. The highest BCUT2D eigenvalue weighted by Gasteiger charge is 2.36. The fourth-order valence-corrected chi connectivity index (χ4v) is 3.41. The van der Waals surface area contributed by atoms with Gasteiger partial charge in [0, 0.05) is 44.9 Å². The summed E-state index contributed by atoms with van der Waals surface area (Å²) < 4.78 is 5.26. The Morgan fingerprint density at radius 1 is 1.28 bits per heavy atom. The summed E-state index contributed by atoms with van der Waals surface area (Å²) in [5.41, 5.74) is 6.16. The first-order valence-electron chi connectivity index (χ1n) is 7.38. The van der Waals surface area contributed by atoms with Crippen molar-refractivity contribution in [2.75, 3.05) is 46.4 Å². The summed E-state index contributed by atoms with van der Waals surface area (Å²) >= 11 is 0. The highest BCUT2D eigenvalue weighted by molar-refractivity contribution is 4.93. The van der Waals surface area contributed by atoms with Crippen molar-refractivity contribution >= 4 is 0 Å². The molecule has 0 aromatic rings. The first-order valence-corrected chi connectivity index (χ1v) is 7.38. The maximum atomic E-state index is 6.06. The molecule has 2 unspecified atom stereocenters. The third kappa shape index (κ3) is 3.05. The lowest BCUT2D eigenvalue weighted by Gasteiger charge is -2.41. The molecule has 2 saturated heterocycles. The lowest BCUT2D eigenvalue weighted by atomic mass is 9.94. The molecule has 0 aromatic carbocycles. The Balaban J connectivity index is 2.00. The second kappa shape index (κ2) is 6.33. The Morgan fingerprint density at radius 2 is 2.06 bits per heavy atom. The van der Waals surface area contributed by atoms with Crippen LogP contribution >= 0.6 is 0 Å². The smallest absolute Gasteiger partial charge is 0.0480 e. The Bertz CT molecular complexity index is 261. The molecule has 2 heterocycles. The van der Waals surface area contributed by atoms with E-state index in [4.69, 9.17) is 10.5 Å². The average molecular weight is 255 g/mol. The SMILES string of the molecule is COCCC(C)(CN)N1CCCN2CCCC2C1. The zero-order valence-electron chi connectivity index (χ0n) is 12.0. The molecule has 2 atom stereocenters. The molecule has 18 heavy (non-hydrogen) atoms. The van der Waals surface area contributed by atoms with E-state index in [0.717, 1.165) is 25.6 Å². The van der Waals surface area contributed by atoms with Crippen molar-refractivity contribution in [2.45, 2.75) is 44.2 Å². The molecule has 0 amide bonds. The molecule has 2 fully saturated rings. The molecule has 4 nitrogen and oxygen atoms in total. The topological polar surface area (TPSA) is 41.7 Å². The van der Waals surface area contributed by atoms with E-state index in [1.165, 1.54) is 45.4 Å². The van der Waals surface area contributed by atoms with Gasteiger partial charge in [-0.25, -0.2) is 0 Å². The minimum Gasteiger partial charge on any atom is -0.385 e. The fourth-order valence-electron chi connectivity index (χ4n) is 3.41. The zero-order chi connectivity index (χ0) is 13.0. The second-order valence-corrected chi connectivity index (χ2v) is 6.08. The van der Waals surface area contributed by atoms with Crippen LogP contribution < -0.4 is 5.73 Å². The molecule has 2 rings (SSSR count). The zero-order valence-corrected chi connectivity index (χ0v) is 12.0. The van der Waals surface area contributed by atoms with E-state index in [0.29, 0.717) is 0 Å². The van der Waals surface area contributed by atoms with Crippen molar-refractivity contribution in [1.29, 1.82) is 0 Å². The van der Waals surface area contributed by atoms with Gasteiger partial charge in [-0.15, -0.1) is 0 Å². The van der Waals surface area contributed by atoms with Crippen LogP contribution in [0.1, 0.15) is 32.6 Å². The molecular formula is C14H29N3O. The van der Waals surface area contributed by atoms with Crippen molar-refractivity contribution in [2.24, 2.45) is 5.73 Å². The molecule has 0 saturated carbocycles. The highest BCUT2D eigenvalue weighted by Crippen LogP contribution is 2.27. The van der Waals surface area contributed by atoms with E-state index in [9.17, 15) is 0 Å². The largest absolute Gasteiger partial charge is 0.385 e. The van der Waals surface area contributed by atoms with Gasteiger partial charge in [-0.3, -0.25) is 9.80 Å². The molecule has 0 bridgehead atoms. The molecule has 2 aliphatic rings. The lowest BCUT2D eigenvalue weighted by molar-refractivity contribution is 0.0626. The van der Waals surface area contributed by atoms with Gasteiger partial charge in [-0.2, -0.15) is 0 Å². The minimum atomic E-state index is 0.106. The van der Waals surface area contributed by atoms with Crippen molar-refractivity contribution < 1.29 is 4.74 Å². The summed E-state index contributed by atoms with van der Waals surface area (Å²) in [5, 5.41) is 0. The first kappa shape index (κ1) is 14.3. The second-order valence-electron chi connectivity index (χ2n) is 6.08. The summed E-state index contributed by atoms with van der Waals surface area (Å²) in [6.45, 7) is 8.78. The minimum absolute atomic E-state index is 0.106. The summed E-state index contributed by atoms with van der Waals surface area (Å²) in [6.07, 6.45) is 5.04.